The Morgan fingerprint density at radius 3 is 2.63 bits per heavy atom. The molecule has 0 spiro atoms. The number of nitrogen functional groups attached to an aromatic ring is 1. The van der Waals surface area contributed by atoms with Crippen molar-refractivity contribution in [2.45, 2.75) is 13.8 Å². The third kappa shape index (κ3) is 2.18. The van der Waals surface area contributed by atoms with Gasteiger partial charge in [-0.2, -0.15) is 0 Å². The van der Waals surface area contributed by atoms with Crippen LogP contribution in [-0.2, 0) is 0 Å². The minimum atomic E-state index is 0.703. The fourth-order valence-electron chi connectivity index (χ4n) is 2.83. The SMILES string of the molecule is CC1CN(c2c(N)cnc3ccc(Br)cc23)CC1C. The molecule has 1 aromatic carbocycles. The molecular weight excluding hydrogens is 302 g/mol. The molecule has 1 fully saturated rings. The highest BCUT2D eigenvalue weighted by Crippen LogP contribution is 2.37. The van der Waals surface area contributed by atoms with Crippen LogP contribution in [0.1, 0.15) is 13.8 Å². The topological polar surface area (TPSA) is 42.1 Å². The number of nitrogens with two attached hydrogens (primary N) is 1. The zero-order valence-corrected chi connectivity index (χ0v) is 12.8. The first-order valence-electron chi connectivity index (χ1n) is 6.65. The molecule has 1 saturated heterocycles. The maximum Gasteiger partial charge on any atom is 0.0745 e. The van der Waals surface area contributed by atoms with Crippen molar-refractivity contribution in [2.75, 3.05) is 23.7 Å². The van der Waals surface area contributed by atoms with Crippen LogP contribution < -0.4 is 10.6 Å². The van der Waals surface area contributed by atoms with Crippen LogP contribution in [0.2, 0.25) is 0 Å². The van der Waals surface area contributed by atoms with E-state index in [1.807, 2.05) is 12.1 Å². The number of hydrogen-bond acceptors (Lipinski definition) is 3. The van der Waals surface area contributed by atoms with E-state index in [4.69, 9.17) is 5.73 Å². The van der Waals surface area contributed by atoms with Crippen LogP contribution in [-0.4, -0.2) is 18.1 Å². The Balaban J connectivity index is 2.16. The summed E-state index contributed by atoms with van der Waals surface area (Å²) >= 11 is 3.54. The maximum atomic E-state index is 6.19. The van der Waals surface area contributed by atoms with Gasteiger partial charge in [-0.25, -0.2) is 0 Å². The van der Waals surface area contributed by atoms with Crippen molar-refractivity contribution in [2.24, 2.45) is 11.8 Å². The third-order valence-electron chi connectivity index (χ3n) is 4.13. The quantitative estimate of drug-likeness (QED) is 0.872. The molecule has 0 aliphatic carbocycles. The van der Waals surface area contributed by atoms with Crippen LogP contribution in [0.15, 0.2) is 28.9 Å². The zero-order chi connectivity index (χ0) is 13.6. The molecule has 0 radical (unpaired) electrons. The molecule has 2 aromatic rings. The molecule has 2 atom stereocenters. The molecular formula is C15H18BrN3. The first-order valence-corrected chi connectivity index (χ1v) is 7.44. The largest absolute Gasteiger partial charge is 0.396 e. The number of pyridine rings is 1. The van der Waals surface area contributed by atoms with Crippen LogP contribution in [0.25, 0.3) is 10.9 Å². The lowest BCUT2D eigenvalue weighted by Crippen LogP contribution is -2.21. The standard InChI is InChI=1S/C15H18BrN3/c1-9-7-19(8-10(9)2)15-12-5-11(16)3-4-14(12)18-6-13(15)17/h3-6,9-10H,7-8,17H2,1-2H3. The summed E-state index contributed by atoms with van der Waals surface area (Å²) in [5, 5.41) is 1.13. The van der Waals surface area contributed by atoms with Crippen molar-refractivity contribution >= 4 is 38.2 Å². The molecule has 3 rings (SSSR count). The van der Waals surface area contributed by atoms with E-state index < -0.39 is 0 Å². The van der Waals surface area contributed by atoms with Crippen LogP contribution in [0.5, 0.6) is 0 Å². The molecule has 2 heterocycles. The number of rotatable bonds is 1. The van der Waals surface area contributed by atoms with Gasteiger partial charge in [-0.15, -0.1) is 0 Å². The summed E-state index contributed by atoms with van der Waals surface area (Å²) in [6.45, 7) is 6.74. The highest BCUT2D eigenvalue weighted by Gasteiger charge is 2.28. The average Bonchev–Trinajstić information content (AvgIpc) is 2.68. The molecule has 100 valence electrons. The van der Waals surface area contributed by atoms with Gasteiger partial charge in [0.1, 0.15) is 0 Å². The lowest BCUT2D eigenvalue weighted by atomic mass is 10.0. The van der Waals surface area contributed by atoms with Crippen LogP contribution in [0.4, 0.5) is 11.4 Å². The van der Waals surface area contributed by atoms with Gasteiger partial charge in [-0.3, -0.25) is 4.98 Å². The summed E-state index contributed by atoms with van der Waals surface area (Å²) < 4.78 is 1.06. The van der Waals surface area contributed by atoms with Crippen molar-refractivity contribution in [1.82, 2.24) is 4.98 Å². The van der Waals surface area contributed by atoms with Crippen molar-refractivity contribution < 1.29 is 0 Å². The van der Waals surface area contributed by atoms with E-state index in [0.717, 1.165) is 39.8 Å². The molecule has 19 heavy (non-hydrogen) atoms. The van der Waals surface area contributed by atoms with Gasteiger partial charge in [0, 0.05) is 22.9 Å². The van der Waals surface area contributed by atoms with Crippen molar-refractivity contribution in [1.29, 1.82) is 0 Å². The van der Waals surface area contributed by atoms with Crippen LogP contribution in [0, 0.1) is 11.8 Å². The van der Waals surface area contributed by atoms with Crippen molar-refractivity contribution in [3.05, 3.63) is 28.9 Å². The van der Waals surface area contributed by atoms with E-state index in [0.29, 0.717) is 11.8 Å². The first-order chi connectivity index (χ1) is 9.06. The number of fused-ring (bicyclic) bond motifs is 1. The normalized spacial score (nSPS) is 23.2. The Morgan fingerprint density at radius 1 is 1.26 bits per heavy atom. The van der Waals surface area contributed by atoms with Gasteiger partial charge in [0.05, 0.1) is 23.1 Å². The fraction of sp³-hybridized carbons (Fsp3) is 0.400. The summed E-state index contributed by atoms with van der Waals surface area (Å²) in [4.78, 5) is 6.82. The second-order valence-corrected chi connectivity index (χ2v) is 6.50. The molecule has 1 aliphatic heterocycles. The highest BCUT2D eigenvalue weighted by molar-refractivity contribution is 9.10. The molecule has 2 N–H and O–H groups in total. The molecule has 0 saturated carbocycles. The second-order valence-electron chi connectivity index (χ2n) is 5.58. The van der Waals surface area contributed by atoms with Gasteiger partial charge in [0.2, 0.25) is 0 Å². The van der Waals surface area contributed by atoms with E-state index in [1.165, 1.54) is 0 Å². The second kappa shape index (κ2) is 4.67. The number of hydrogen-bond donors (Lipinski definition) is 1. The number of anilines is 2. The molecule has 0 amide bonds. The molecule has 1 aromatic heterocycles. The molecule has 3 nitrogen and oxygen atoms in total. The number of nitrogens with zero attached hydrogens (tertiary/aromatic N) is 2. The number of halogens is 1. The molecule has 0 bridgehead atoms. The number of aromatic nitrogens is 1. The van der Waals surface area contributed by atoms with E-state index in [2.05, 4.69) is 45.7 Å². The summed E-state index contributed by atoms with van der Waals surface area (Å²) in [5.74, 6) is 1.41. The zero-order valence-electron chi connectivity index (χ0n) is 11.2. The van der Waals surface area contributed by atoms with E-state index in [9.17, 15) is 0 Å². The summed E-state index contributed by atoms with van der Waals surface area (Å²) in [6, 6.07) is 6.16. The lowest BCUT2D eigenvalue weighted by molar-refractivity contribution is 0.494. The predicted molar refractivity (Wildman–Crippen MR) is 84.4 cm³/mol. The number of benzene rings is 1. The Hall–Kier alpha value is -1.29. The summed E-state index contributed by atoms with van der Waals surface area (Å²) in [6.07, 6.45) is 1.78. The average molecular weight is 320 g/mol. The summed E-state index contributed by atoms with van der Waals surface area (Å²) in [5.41, 5.74) is 9.10. The minimum Gasteiger partial charge on any atom is -0.396 e. The maximum absolute atomic E-state index is 6.19. The van der Waals surface area contributed by atoms with E-state index >= 15 is 0 Å². The van der Waals surface area contributed by atoms with Gasteiger partial charge in [-0.1, -0.05) is 29.8 Å². The Kier molecular flexibility index (Phi) is 3.13. The van der Waals surface area contributed by atoms with E-state index in [1.54, 1.807) is 6.20 Å². The van der Waals surface area contributed by atoms with Crippen molar-refractivity contribution in [3.63, 3.8) is 0 Å². The highest BCUT2D eigenvalue weighted by atomic mass is 79.9. The Bertz CT molecular complexity index is 611. The Labute approximate surface area is 121 Å². The fourth-order valence-corrected chi connectivity index (χ4v) is 3.19. The van der Waals surface area contributed by atoms with Gasteiger partial charge in [0.15, 0.2) is 0 Å². The van der Waals surface area contributed by atoms with Crippen LogP contribution >= 0.6 is 15.9 Å². The Morgan fingerprint density at radius 2 is 1.95 bits per heavy atom. The molecule has 1 aliphatic rings. The van der Waals surface area contributed by atoms with Crippen LogP contribution in [0.3, 0.4) is 0 Å². The molecule has 4 heteroatoms. The minimum absolute atomic E-state index is 0.703. The van der Waals surface area contributed by atoms with E-state index in [-0.39, 0.29) is 0 Å². The van der Waals surface area contributed by atoms with Gasteiger partial charge < -0.3 is 10.6 Å². The molecule has 2 unspecified atom stereocenters. The first kappa shape index (κ1) is 12.7. The van der Waals surface area contributed by atoms with Gasteiger partial charge in [0.25, 0.3) is 0 Å². The predicted octanol–water partition coefficient (Wildman–Crippen LogP) is 3.67. The van der Waals surface area contributed by atoms with Crippen molar-refractivity contribution in [3.8, 4) is 0 Å². The van der Waals surface area contributed by atoms with Gasteiger partial charge >= 0.3 is 0 Å². The summed E-state index contributed by atoms with van der Waals surface area (Å²) in [7, 11) is 0. The monoisotopic (exact) mass is 319 g/mol. The van der Waals surface area contributed by atoms with Gasteiger partial charge in [-0.05, 0) is 30.0 Å². The smallest absolute Gasteiger partial charge is 0.0745 e. The third-order valence-corrected chi connectivity index (χ3v) is 4.63. The lowest BCUT2D eigenvalue weighted by Gasteiger charge is -2.22.